The monoisotopic (exact) mass is 344 g/mol. The van der Waals surface area contributed by atoms with E-state index in [0.717, 1.165) is 23.4 Å². The zero-order valence-corrected chi connectivity index (χ0v) is 13.8. The van der Waals surface area contributed by atoms with E-state index in [-0.39, 0.29) is 24.8 Å². The lowest BCUT2D eigenvalue weighted by Crippen LogP contribution is -2.42. The Kier molecular flexibility index (Phi) is 6.09. The summed E-state index contributed by atoms with van der Waals surface area (Å²) in [6, 6.07) is 5.90. The lowest BCUT2D eigenvalue weighted by molar-refractivity contribution is -0.121. The first-order chi connectivity index (χ1) is 10.9. The van der Waals surface area contributed by atoms with Crippen molar-refractivity contribution in [3.63, 3.8) is 0 Å². The van der Waals surface area contributed by atoms with Crippen LogP contribution in [-0.4, -0.2) is 50.7 Å². The van der Waals surface area contributed by atoms with Gasteiger partial charge in [0.1, 0.15) is 5.82 Å². The van der Waals surface area contributed by atoms with Crippen LogP contribution in [0.2, 0.25) is 0 Å². The number of nitrogens with zero attached hydrogens (tertiary/aromatic N) is 1. The minimum absolute atomic E-state index is 0.0165. The van der Waals surface area contributed by atoms with E-state index in [0.29, 0.717) is 13.2 Å². The normalized spacial score (nSPS) is 18.3. The number of benzene rings is 1. The lowest BCUT2D eigenvalue weighted by atomic mass is 10.2. The van der Waals surface area contributed by atoms with Crippen molar-refractivity contribution in [1.29, 1.82) is 0 Å². The van der Waals surface area contributed by atoms with Crippen molar-refractivity contribution < 1.29 is 22.3 Å². The van der Waals surface area contributed by atoms with Gasteiger partial charge in [-0.15, -0.1) is 0 Å². The first-order valence-corrected chi connectivity index (χ1v) is 9.28. The zero-order chi connectivity index (χ0) is 16.9. The summed E-state index contributed by atoms with van der Waals surface area (Å²) in [7, 11) is -3.64. The molecule has 2 rings (SSSR count). The number of carbonyl (C=O) groups excluding carboxylic acids is 1. The molecule has 1 aliphatic rings. The van der Waals surface area contributed by atoms with Gasteiger partial charge in [-0.25, -0.2) is 12.8 Å². The minimum atomic E-state index is -3.64. The highest BCUT2D eigenvalue weighted by Gasteiger charge is 2.23. The van der Waals surface area contributed by atoms with Crippen molar-refractivity contribution in [3.05, 3.63) is 35.6 Å². The van der Waals surface area contributed by atoms with Gasteiger partial charge in [0.05, 0.1) is 18.9 Å². The smallest absolute Gasteiger partial charge is 0.235 e. The van der Waals surface area contributed by atoms with Crippen LogP contribution in [0.1, 0.15) is 18.4 Å². The molecule has 1 saturated heterocycles. The number of carbonyl (C=O) groups is 1. The highest BCUT2D eigenvalue weighted by atomic mass is 32.2. The van der Waals surface area contributed by atoms with E-state index in [1.165, 1.54) is 18.2 Å². The van der Waals surface area contributed by atoms with E-state index in [1.807, 2.05) is 0 Å². The summed E-state index contributed by atoms with van der Waals surface area (Å²) in [5, 5.41) is 2.66. The molecule has 1 atom stereocenters. The van der Waals surface area contributed by atoms with Crippen LogP contribution in [0.5, 0.6) is 0 Å². The fraction of sp³-hybridized carbons (Fsp3) is 0.533. The Morgan fingerprint density at radius 3 is 2.78 bits per heavy atom. The predicted octanol–water partition coefficient (Wildman–Crippen LogP) is 0.883. The van der Waals surface area contributed by atoms with E-state index in [9.17, 15) is 17.6 Å². The van der Waals surface area contributed by atoms with Crippen molar-refractivity contribution in [2.45, 2.75) is 25.5 Å². The van der Waals surface area contributed by atoms with Gasteiger partial charge in [0.25, 0.3) is 0 Å². The Morgan fingerprint density at radius 1 is 1.43 bits per heavy atom. The van der Waals surface area contributed by atoms with Crippen LogP contribution < -0.4 is 5.32 Å². The van der Waals surface area contributed by atoms with Crippen LogP contribution in [-0.2, 0) is 26.1 Å². The third-order valence-electron chi connectivity index (χ3n) is 3.64. The number of sulfonamides is 1. The maximum Gasteiger partial charge on any atom is 0.235 e. The molecule has 1 heterocycles. The highest BCUT2D eigenvalue weighted by Crippen LogP contribution is 2.13. The van der Waals surface area contributed by atoms with Crippen LogP contribution in [0.4, 0.5) is 4.39 Å². The molecule has 1 aliphatic heterocycles. The van der Waals surface area contributed by atoms with Gasteiger partial charge in [0.2, 0.25) is 15.9 Å². The fourth-order valence-electron chi connectivity index (χ4n) is 2.36. The molecule has 1 aromatic carbocycles. The summed E-state index contributed by atoms with van der Waals surface area (Å²) in [5.41, 5.74) is 0.227. The second-order valence-corrected chi connectivity index (χ2v) is 7.54. The van der Waals surface area contributed by atoms with Crippen molar-refractivity contribution in [1.82, 2.24) is 9.62 Å². The molecule has 8 heteroatoms. The molecule has 0 spiro atoms. The molecule has 1 amide bonds. The predicted molar refractivity (Wildman–Crippen MR) is 83.6 cm³/mol. The Balaban J connectivity index is 1.95. The van der Waals surface area contributed by atoms with Crippen LogP contribution in [0, 0.1) is 5.82 Å². The molecule has 1 N–H and O–H groups in total. The molecular weight excluding hydrogens is 323 g/mol. The maximum absolute atomic E-state index is 13.7. The largest absolute Gasteiger partial charge is 0.376 e. The average Bonchev–Trinajstić information content (AvgIpc) is 2.99. The third kappa shape index (κ3) is 5.56. The molecule has 23 heavy (non-hydrogen) atoms. The summed E-state index contributed by atoms with van der Waals surface area (Å²) >= 11 is 0. The molecule has 0 bridgehead atoms. The summed E-state index contributed by atoms with van der Waals surface area (Å²) in [6.45, 7) is 0.512. The molecule has 6 nitrogen and oxygen atoms in total. The van der Waals surface area contributed by atoms with Crippen molar-refractivity contribution in [2.24, 2.45) is 0 Å². The molecule has 0 radical (unpaired) electrons. The van der Waals surface area contributed by atoms with E-state index in [1.54, 1.807) is 6.07 Å². The second kappa shape index (κ2) is 7.85. The first kappa shape index (κ1) is 17.8. The Labute approximate surface area is 135 Å². The summed E-state index contributed by atoms with van der Waals surface area (Å²) in [6.07, 6.45) is 2.83. The number of amides is 1. The van der Waals surface area contributed by atoms with Gasteiger partial charge in [-0.3, -0.25) is 4.79 Å². The molecule has 0 unspecified atom stereocenters. The van der Waals surface area contributed by atoms with E-state index in [2.05, 4.69) is 5.32 Å². The number of halogens is 1. The molecule has 0 saturated carbocycles. The summed E-state index contributed by atoms with van der Waals surface area (Å²) in [5.74, 6) is -0.928. The summed E-state index contributed by atoms with van der Waals surface area (Å²) < 4.78 is 43.7. The van der Waals surface area contributed by atoms with Crippen LogP contribution >= 0.6 is 0 Å². The van der Waals surface area contributed by atoms with Crippen LogP contribution in [0.3, 0.4) is 0 Å². The number of hydrogen-bond acceptors (Lipinski definition) is 4. The Bertz CT molecular complexity index is 645. The first-order valence-electron chi connectivity index (χ1n) is 7.43. The molecule has 0 aliphatic carbocycles. The lowest BCUT2D eigenvalue weighted by Gasteiger charge is -2.20. The number of hydrogen-bond donors (Lipinski definition) is 1. The zero-order valence-electron chi connectivity index (χ0n) is 13.0. The number of rotatable bonds is 7. The van der Waals surface area contributed by atoms with E-state index in [4.69, 9.17) is 4.74 Å². The molecule has 0 aromatic heterocycles. The average molecular weight is 344 g/mol. The SMILES string of the molecule is CS(=O)(=O)N(CC(=O)NC[C@@H]1CCCO1)Cc1ccccc1F. The minimum Gasteiger partial charge on any atom is -0.376 e. The Hall–Kier alpha value is -1.51. The number of ether oxygens (including phenoxy) is 1. The maximum atomic E-state index is 13.7. The van der Waals surface area contributed by atoms with Crippen molar-refractivity contribution >= 4 is 15.9 Å². The molecule has 1 aromatic rings. The van der Waals surface area contributed by atoms with Crippen LogP contribution in [0.15, 0.2) is 24.3 Å². The van der Waals surface area contributed by atoms with Gasteiger partial charge in [0, 0.05) is 25.3 Å². The van der Waals surface area contributed by atoms with Gasteiger partial charge in [0.15, 0.2) is 0 Å². The Morgan fingerprint density at radius 2 is 2.17 bits per heavy atom. The van der Waals surface area contributed by atoms with Crippen LogP contribution in [0.25, 0.3) is 0 Å². The van der Waals surface area contributed by atoms with Crippen molar-refractivity contribution in [2.75, 3.05) is 26.0 Å². The fourth-order valence-corrected chi connectivity index (χ4v) is 3.08. The van der Waals surface area contributed by atoms with Gasteiger partial charge in [-0.2, -0.15) is 4.31 Å². The molecule has 1 fully saturated rings. The van der Waals surface area contributed by atoms with Gasteiger partial charge < -0.3 is 10.1 Å². The second-order valence-electron chi connectivity index (χ2n) is 5.56. The quantitative estimate of drug-likeness (QED) is 0.797. The summed E-state index contributed by atoms with van der Waals surface area (Å²) in [4.78, 5) is 12.0. The van der Waals surface area contributed by atoms with Gasteiger partial charge in [-0.1, -0.05) is 18.2 Å². The van der Waals surface area contributed by atoms with Crippen molar-refractivity contribution in [3.8, 4) is 0 Å². The molecular formula is C15H21FN2O4S. The molecule has 128 valence electrons. The highest BCUT2D eigenvalue weighted by molar-refractivity contribution is 7.88. The van der Waals surface area contributed by atoms with E-state index >= 15 is 0 Å². The number of nitrogens with one attached hydrogen (secondary N) is 1. The van der Waals surface area contributed by atoms with Gasteiger partial charge >= 0.3 is 0 Å². The van der Waals surface area contributed by atoms with Gasteiger partial charge in [-0.05, 0) is 18.9 Å². The topological polar surface area (TPSA) is 75.7 Å². The third-order valence-corrected chi connectivity index (χ3v) is 4.84. The van der Waals surface area contributed by atoms with E-state index < -0.39 is 21.7 Å². The standard InChI is InChI=1S/C15H21FN2O4S/c1-23(20,21)18(10-12-5-2-3-7-14(12)16)11-15(19)17-9-13-6-4-8-22-13/h2-3,5,7,13H,4,6,8-11H2,1H3,(H,17,19)/t13-/m0/s1.